The molecule has 1 saturated heterocycles. The number of hydrogen-bond acceptors (Lipinski definition) is 4. The average Bonchev–Trinajstić information content (AvgIpc) is 2.73. The van der Waals surface area contributed by atoms with E-state index < -0.39 is 15.9 Å². The first-order valence-corrected chi connectivity index (χ1v) is 11.4. The van der Waals surface area contributed by atoms with Gasteiger partial charge in [-0.1, -0.05) is 48.4 Å². The predicted octanol–water partition coefficient (Wildman–Crippen LogP) is 3.55. The van der Waals surface area contributed by atoms with Crippen LogP contribution in [0.3, 0.4) is 0 Å². The molecule has 2 aromatic carbocycles. The van der Waals surface area contributed by atoms with Gasteiger partial charge in [-0.25, -0.2) is 8.42 Å². The molecule has 0 aromatic heterocycles. The Bertz CT molecular complexity index is 971. The van der Waals surface area contributed by atoms with E-state index in [1.165, 1.54) is 22.5 Å². The van der Waals surface area contributed by atoms with E-state index in [0.717, 1.165) is 11.1 Å². The number of halogens is 1. The maximum Gasteiger partial charge on any atom is 0.253 e. The molecule has 156 valence electrons. The van der Waals surface area contributed by atoms with E-state index in [-0.39, 0.29) is 34.6 Å². The molecule has 6 nitrogen and oxygen atoms in total. The fraction of sp³-hybridized carbons (Fsp3) is 0.381. The number of amides is 1. The molecule has 1 unspecified atom stereocenters. The monoisotopic (exact) mass is 436 g/mol. The third-order valence-electron chi connectivity index (χ3n) is 4.98. The Hall–Kier alpha value is -1.93. The highest BCUT2D eigenvalue weighted by molar-refractivity contribution is 7.89. The van der Waals surface area contributed by atoms with Crippen LogP contribution in [0.5, 0.6) is 0 Å². The van der Waals surface area contributed by atoms with Gasteiger partial charge in [-0.15, -0.1) is 0 Å². The minimum absolute atomic E-state index is 0.0531. The van der Waals surface area contributed by atoms with Crippen LogP contribution in [0.2, 0.25) is 5.02 Å². The van der Waals surface area contributed by atoms with E-state index in [9.17, 15) is 13.2 Å². The summed E-state index contributed by atoms with van der Waals surface area (Å²) in [6.07, 6.45) is 0.693. The second-order valence-corrected chi connectivity index (χ2v) is 9.35. The normalized spacial score (nSPS) is 16.4. The lowest BCUT2D eigenvalue weighted by Gasteiger charge is -2.26. The number of nitrogens with zero attached hydrogens (tertiary/aromatic N) is 1. The highest BCUT2D eigenvalue weighted by Gasteiger charge is 2.28. The summed E-state index contributed by atoms with van der Waals surface area (Å²) in [5.41, 5.74) is 2.27. The van der Waals surface area contributed by atoms with Gasteiger partial charge in [0.15, 0.2) is 0 Å². The number of carbonyl (C=O) groups excluding carboxylic acids is 1. The maximum absolute atomic E-state index is 12.9. The molecule has 0 aliphatic carbocycles. The Balaban J connectivity index is 1.85. The van der Waals surface area contributed by atoms with E-state index in [1.54, 1.807) is 0 Å². The van der Waals surface area contributed by atoms with Gasteiger partial charge in [0.25, 0.3) is 5.91 Å². The van der Waals surface area contributed by atoms with Crippen LogP contribution in [0.15, 0.2) is 47.4 Å². The summed E-state index contributed by atoms with van der Waals surface area (Å²) < 4.78 is 32.4. The summed E-state index contributed by atoms with van der Waals surface area (Å²) in [5, 5.41) is 3.18. The lowest BCUT2D eigenvalue weighted by atomic mass is 10.0. The smallest absolute Gasteiger partial charge is 0.253 e. The molecule has 0 bridgehead atoms. The lowest BCUT2D eigenvalue weighted by Crippen LogP contribution is -2.40. The van der Waals surface area contributed by atoms with Crippen molar-refractivity contribution in [1.29, 1.82) is 0 Å². The van der Waals surface area contributed by atoms with Gasteiger partial charge >= 0.3 is 0 Å². The molecule has 1 heterocycles. The van der Waals surface area contributed by atoms with E-state index in [4.69, 9.17) is 16.3 Å². The van der Waals surface area contributed by atoms with E-state index in [0.29, 0.717) is 19.6 Å². The summed E-state index contributed by atoms with van der Waals surface area (Å²) in [5.74, 6) is -0.401. The second kappa shape index (κ2) is 9.26. The van der Waals surface area contributed by atoms with E-state index in [2.05, 4.69) is 5.32 Å². The molecular weight excluding hydrogens is 412 g/mol. The number of morpholine rings is 1. The van der Waals surface area contributed by atoms with Crippen molar-refractivity contribution in [3.63, 3.8) is 0 Å². The summed E-state index contributed by atoms with van der Waals surface area (Å²) in [6.45, 7) is 5.27. The number of benzene rings is 2. The fourth-order valence-electron chi connectivity index (χ4n) is 3.23. The van der Waals surface area contributed by atoms with Crippen LogP contribution in [0.4, 0.5) is 0 Å². The highest BCUT2D eigenvalue weighted by Crippen LogP contribution is 2.25. The topological polar surface area (TPSA) is 75.7 Å². The molecular formula is C21H25ClN2O4S. The summed E-state index contributed by atoms with van der Waals surface area (Å²) in [6, 6.07) is 12.0. The second-order valence-electron chi connectivity index (χ2n) is 7.00. The molecule has 2 aromatic rings. The number of nitrogens with one attached hydrogen (secondary N) is 1. The van der Waals surface area contributed by atoms with Gasteiger partial charge in [-0.05, 0) is 37.1 Å². The van der Waals surface area contributed by atoms with Gasteiger partial charge < -0.3 is 10.1 Å². The number of ether oxygens (including phenoxy) is 1. The molecule has 1 aliphatic heterocycles. The van der Waals surface area contributed by atoms with Crippen molar-refractivity contribution in [1.82, 2.24) is 9.62 Å². The Morgan fingerprint density at radius 1 is 1.17 bits per heavy atom. The molecule has 1 fully saturated rings. The van der Waals surface area contributed by atoms with Crippen LogP contribution >= 0.6 is 11.6 Å². The molecule has 8 heteroatoms. The Morgan fingerprint density at radius 2 is 1.83 bits per heavy atom. The van der Waals surface area contributed by atoms with Crippen molar-refractivity contribution >= 4 is 27.5 Å². The largest absolute Gasteiger partial charge is 0.379 e. The van der Waals surface area contributed by atoms with Crippen molar-refractivity contribution < 1.29 is 17.9 Å². The predicted molar refractivity (Wildman–Crippen MR) is 113 cm³/mol. The number of rotatable bonds is 6. The number of aryl methyl sites for hydroxylation is 1. The SMILES string of the molecule is CCC(NC(=O)c1cc(S(=O)(=O)N2CCOCC2)ccc1Cl)c1ccc(C)cc1. The molecule has 1 atom stereocenters. The molecule has 0 spiro atoms. The van der Waals surface area contributed by atoms with E-state index >= 15 is 0 Å². The number of hydrogen-bond donors (Lipinski definition) is 1. The molecule has 1 amide bonds. The molecule has 0 saturated carbocycles. The summed E-state index contributed by atoms with van der Waals surface area (Å²) >= 11 is 6.23. The first kappa shape index (κ1) is 21.8. The van der Waals surface area contributed by atoms with E-state index in [1.807, 2.05) is 38.1 Å². The molecule has 1 N–H and O–H groups in total. The summed E-state index contributed by atoms with van der Waals surface area (Å²) in [7, 11) is -3.71. The third kappa shape index (κ3) is 4.98. The van der Waals surface area contributed by atoms with Gasteiger partial charge in [0.2, 0.25) is 10.0 Å². The van der Waals surface area contributed by atoms with Crippen LogP contribution in [0.1, 0.15) is 40.9 Å². The number of carbonyl (C=O) groups is 1. The van der Waals surface area contributed by atoms with Gasteiger partial charge in [0.05, 0.1) is 34.7 Å². The minimum atomic E-state index is -3.71. The van der Waals surface area contributed by atoms with Gasteiger partial charge in [0.1, 0.15) is 0 Å². The molecule has 29 heavy (non-hydrogen) atoms. The van der Waals surface area contributed by atoms with Crippen LogP contribution in [-0.4, -0.2) is 44.9 Å². The average molecular weight is 437 g/mol. The van der Waals surface area contributed by atoms with Crippen molar-refractivity contribution in [3.8, 4) is 0 Å². The van der Waals surface area contributed by atoms with Crippen LogP contribution in [0.25, 0.3) is 0 Å². The number of sulfonamides is 1. The molecule has 3 rings (SSSR count). The minimum Gasteiger partial charge on any atom is -0.379 e. The van der Waals surface area contributed by atoms with Crippen LogP contribution in [-0.2, 0) is 14.8 Å². The zero-order chi connectivity index (χ0) is 21.0. The van der Waals surface area contributed by atoms with Crippen LogP contribution in [0, 0.1) is 6.92 Å². The zero-order valence-corrected chi connectivity index (χ0v) is 18.1. The Morgan fingerprint density at radius 3 is 2.45 bits per heavy atom. The highest BCUT2D eigenvalue weighted by atomic mass is 35.5. The maximum atomic E-state index is 12.9. The van der Waals surface area contributed by atoms with Crippen molar-refractivity contribution in [2.24, 2.45) is 0 Å². The lowest BCUT2D eigenvalue weighted by molar-refractivity contribution is 0.0730. The van der Waals surface area contributed by atoms with Crippen LogP contribution < -0.4 is 5.32 Å². The quantitative estimate of drug-likeness (QED) is 0.751. The van der Waals surface area contributed by atoms with Gasteiger partial charge in [-0.2, -0.15) is 4.31 Å². The Kier molecular flexibility index (Phi) is 6.95. The zero-order valence-electron chi connectivity index (χ0n) is 16.5. The fourth-order valence-corrected chi connectivity index (χ4v) is 4.87. The van der Waals surface area contributed by atoms with Gasteiger partial charge in [-0.3, -0.25) is 4.79 Å². The first-order chi connectivity index (χ1) is 13.8. The standard InChI is InChI=1S/C21H25ClN2O4S/c1-3-20(16-6-4-15(2)5-7-16)23-21(25)18-14-17(8-9-19(18)22)29(26,27)24-10-12-28-13-11-24/h4-9,14,20H,3,10-13H2,1-2H3,(H,23,25). The first-order valence-electron chi connectivity index (χ1n) is 9.58. The third-order valence-corrected chi connectivity index (χ3v) is 7.21. The Labute approximate surface area is 176 Å². The van der Waals surface area contributed by atoms with Crippen molar-refractivity contribution in [2.75, 3.05) is 26.3 Å². The molecule has 0 radical (unpaired) electrons. The van der Waals surface area contributed by atoms with Crippen molar-refractivity contribution in [2.45, 2.75) is 31.2 Å². The summed E-state index contributed by atoms with van der Waals surface area (Å²) in [4.78, 5) is 13.0. The van der Waals surface area contributed by atoms with Gasteiger partial charge in [0, 0.05) is 13.1 Å². The van der Waals surface area contributed by atoms with Crippen molar-refractivity contribution in [3.05, 3.63) is 64.2 Å². The molecule has 1 aliphatic rings.